The lowest BCUT2D eigenvalue weighted by atomic mass is 10.1. The van der Waals surface area contributed by atoms with E-state index in [4.69, 9.17) is 0 Å². The number of rotatable bonds is 6. The molecule has 0 radical (unpaired) electrons. The molecule has 0 saturated carbocycles. The number of aryl methyl sites for hydroxylation is 2. The van der Waals surface area contributed by atoms with Crippen molar-refractivity contribution in [3.8, 4) is 11.4 Å². The fourth-order valence-electron chi connectivity index (χ4n) is 2.47. The molecule has 29 heavy (non-hydrogen) atoms. The van der Waals surface area contributed by atoms with Crippen molar-refractivity contribution >= 4 is 23.4 Å². The number of nitrogens with one attached hydrogen (secondary N) is 1. The van der Waals surface area contributed by atoms with Gasteiger partial charge in [-0.3, -0.25) is 4.79 Å². The van der Waals surface area contributed by atoms with Crippen molar-refractivity contribution in [1.82, 2.24) is 20.2 Å². The van der Waals surface area contributed by atoms with Gasteiger partial charge in [0, 0.05) is 11.8 Å². The molecule has 1 aromatic heterocycles. The lowest BCUT2D eigenvalue weighted by Crippen LogP contribution is -2.18. The lowest BCUT2D eigenvalue weighted by Gasteiger charge is -2.11. The summed E-state index contributed by atoms with van der Waals surface area (Å²) in [5, 5.41) is 14.5. The Bertz CT molecular complexity index is 1020. The SMILES string of the molecule is Cc1ccc(C)c(-n2nnnc2SCC(=O)Nc2cccc(OC(F)(F)F)c2)c1. The zero-order valence-electron chi connectivity index (χ0n) is 15.4. The molecule has 0 spiro atoms. The van der Waals surface area contributed by atoms with E-state index in [-0.39, 0.29) is 11.4 Å². The van der Waals surface area contributed by atoms with E-state index in [1.54, 1.807) is 0 Å². The molecule has 0 bridgehead atoms. The van der Waals surface area contributed by atoms with E-state index in [1.807, 2.05) is 32.0 Å². The van der Waals surface area contributed by atoms with E-state index in [2.05, 4.69) is 25.6 Å². The van der Waals surface area contributed by atoms with Gasteiger partial charge >= 0.3 is 6.36 Å². The van der Waals surface area contributed by atoms with E-state index in [0.717, 1.165) is 40.7 Å². The Labute approximate surface area is 168 Å². The Balaban J connectivity index is 1.65. The number of thioether (sulfide) groups is 1. The molecule has 3 rings (SSSR count). The monoisotopic (exact) mass is 423 g/mol. The van der Waals surface area contributed by atoms with Gasteiger partial charge in [0.1, 0.15) is 5.75 Å². The van der Waals surface area contributed by atoms with Crippen LogP contribution in [0, 0.1) is 13.8 Å². The van der Waals surface area contributed by atoms with E-state index < -0.39 is 18.0 Å². The molecule has 2 aromatic carbocycles. The van der Waals surface area contributed by atoms with Crippen LogP contribution in [0.5, 0.6) is 5.75 Å². The second-order valence-corrected chi connectivity index (χ2v) is 7.02. The molecule has 11 heteroatoms. The van der Waals surface area contributed by atoms with Crippen LogP contribution in [0.4, 0.5) is 18.9 Å². The largest absolute Gasteiger partial charge is 0.573 e. The number of carbonyl (C=O) groups excluding carboxylic acids is 1. The first kappa shape index (κ1) is 20.6. The number of tetrazole rings is 1. The quantitative estimate of drug-likeness (QED) is 0.606. The third-order valence-electron chi connectivity index (χ3n) is 3.72. The molecule has 0 unspecified atom stereocenters. The Morgan fingerprint density at radius 2 is 2.00 bits per heavy atom. The molecule has 0 aliphatic rings. The molecule has 0 aliphatic carbocycles. The molecule has 1 amide bonds. The standard InChI is InChI=1S/C18H16F3N5O2S/c1-11-6-7-12(2)15(8-11)26-17(23-24-25-26)29-10-16(27)22-13-4-3-5-14(9-13)28-18(19,20)21/h3-9H,10H2,1-2H3,(H,22,27). The van der Waals surface area contributed by atoms with Crippen molar-refractivity contribution < 1.29 is 22.7 Å². The third kappa shape index (κ3) is 5.70. The number of amides is 1. The maximum Gasteiger partial charge on any atom is 0.573 e. The first-order chi connectivity index (χ1) is 13.7. The highest BCUT2D eigenvalue weighted by atomic mass is 32.2. The zero-order chi connectivity index (χ0) is 21.0. The first-order valence-corrected chi connectivity index (χ1v) is 9.34. The highest BCUT2D eigenvalue weighted by molar-refractivity contribution is 7.99. The number of carbonyl (C=O) groups is 1. The molecule has 0 saturated heterocycles. The van der Waals surface area contributed by atoms with Gasteiger partial charge in [-0.1, -0.05) is 30.0 Å². The fourth-order valence-corrected chi connectivity index (χ4v) is 3.15. The van der Waals surface area contributed by atoms with Gasteiger partial charge in [0.25, 0.3) is 0 Å². The predicted molar refractivity (Wildman–Crippen MR) is 101 cm³/mol. The maximum absolute atomic E-state index is 12.3. The average molecular weight is 423 g/mol. The minimum absolute atomic E-state index is 0.0322. The number of hydrogen-bond donors (Lipinski definition) is 1. The van der Waals surface area contributed by atoms with Gasteiger partial charge in [-0.25, -0.2) is 0 Å². The Kier molecular flexibility index (Phi) is 6.06. The number of anilines is 1. The van der Waals surface area contributed by atoms with Crippen LogP contribution in [-0.2, 0) is 4.79 Å². The summed E-state index contributed by atoms with van der Waals surface area (Å²) < 4.78 is 42.3. The normalized spacial score (nSPS) is 11.3. The van der Waals surface area contributed by atoms with Gasteiger partial charge in [-0.2, -0.15) is 4.68 Å². The van der Waals surface area contributed by atoms with Gasteiger partial charge in [-0.15, -0.1) is 18.3 Å². The van der Waals surface area contributed by atoms with E-state index in [1.165, 1.54) is 16.8 Å². The van der Waals surface area contributed by atoms with Gasteiger partial charge in [0.15, 0.2) is 0 Å². The predicted octanol–water partition coefficient (Wildman–Crippen LogP) is 3.91. The summed E-state index contributed by atoms with van der Waals surface area (Å²) in [7, 11) is 0. The Hall–Kier alpha value is -3.08. The van der Waals surface area contributed by atoms with Crippen LogP contribution in [0.25, 0.3) is 5.69 Å². The van der Waals surface area contributed by atoms with Crippen molar-refractivity contribution in [2.75, 3.05) is 11.1 Å². The number of nitrogens with zero attached hydrogens (tertiary/aromatic N) is 4. The van der Waals surface area contributed by atoms with Crippen molar-refractivity contribution in [3.63, 3.8) is 0 Å². The number of benzene rings is 2. The van der Waals surface area contributed by atoms with E-state index in [0.29, 0.717) is 5.16 Å². The zero-order valence-corrected chi connectivity index (χ0v) is 16.2. The second kappa shape index (κ2) is 8.52. The van der Waals surface area contributed by atoms with Crippen molar-refractivity contribution in [3.05, 3.63) is 53.6 Å². The molecule has 0 fully saturated rings. The average Bonchev–Trinajstić information content (AvgIpc) is 3.09. The summed E-state index contributed by atoms with van der Waals surface area (Å²) in [6, 6.07) is 10.9. The molecule has 3 aromatic rings. The number of ether oxygens (including phenoxy) is 1. The Morgan fingerprint density at radius 1 is 1.21 bits per heavy atom. The van der Waals surface area contributed by atoms with Gasteiger partial charge in [-0.05, 0) is 53.6 Å². The van der Waals surface area contributed by atoms with Crippen molar-refractivity contribution in [1.29, 1.82) is 0 Å². The number of hydrogen-bond acceptors (Lipinski definition) is 6. The van der Waals surface area contributed by atoms with Gasteiger partial charge < -0.3 is 10.1 Å². The molecule has 7 nitrogen and oxygen atoms in total. The van der Waals surface area contributed by atoms with Crippen LogP contribution >= 0.6 is 11.8 Å². The van der Waals surface area contributed by atoms with Gasteiger partial charge in [0.2, 0.25) is 11.1 Å². The summed E-state index contributed by atoms with van der Waals surface area (Å²) in [6.07, 6.45) is -4.80. The molecule has 0 atom stereocenters. The van der Waals surface area contributed by atoms with Crippen LogP contribution < -0.4 is 10.1 Å². The molecule has 1 heterocycles. The number of aromatic nitrogens is 4. The summed E-state index contributed by atoms with van der Waals surface area (Å²) in [4.78, 5) is 12.2. The Morgan fingerprint density at radius 3 is 2.76 bits per heavy atom. The molecule has 1 N–H and O–H groups in total. The molecular weight excluding hydrogens is 407 g/mol. The highest BCUT2D eigenvalue weighted by Gasteiger charge is 2.31. The molecular formula is C18H16F3N5O2S. The topological polar surface area (TPSA) is 81.9 Å². The van der Waals surface area contributed by atoms with Crippen LogP contribution in [0.2, 0.25) is 0 Å². The van der Waals surface area contributed by atoms with Crippen LogP contribution in [-0.4, -0.2) is 38.2 Å². The van der Waals surface area contributed by atoms with Crippen LogP contribution in [0.15, 0.2) is 47.6 Å². The van der Waals surface area contributed by atoms with Crippen LogP contribution in [0.1, 0.15) is 11.1 Å². The van der Waals surface area contributed by atoms with E-state index >= 15 is 0 Å². The number of halogens is 3. The fraction of sp³-hybridized carbons (Fsp3) is 0.222. The molecule has 152 valence electrons. The van der Waals surface area contributed by atoms with E-state index in [9.17, 15) is 18.0 Å². The van der Waals surface area contributed by atoms with Crippen LogP contribution in [0.3, 0.4) is 0 Å². The second-order valence-electron chi connectivity index (χ2n) is 6.08. The minimum atomic E-state index is -4.80. The molecule has 0 aliphatic heterocycles. The first-order valence-electron chi connectivity index (χ1n) is 8.36. The van der Waals surface area contributed by atoms with Crippen molar-refractivity contribution in [2.24, 2.45) is 0 Å². The van der Waals surface area contributed by atoms with Crippen molar-refractivity contribution in [2.45, 2.75) is 25.4 Å². The summed E-state index contributed by atoms with van der Waals surface area (Å²) in [5.41, 5.74) is 2.99. The summed E-state index contributed by atoms with van der Waals surface area (Å²) in [5.74, 6) is -0.869. The highest BCUT2D eigenvalue weighted by Crippen LogP contribution is 2.26. The third-order valence-corrected chi connectivity index (χ3v) is 4.64. The smallest absolute Gasteiger partial charge is 0.406 e. The number of alkyl halides is 3. The lowest BCUT2D eigenvalue weighted by molar-refractivity contribution is -0.274. The summed E-state index contributed by atoms with van der Waals surface area (Å²) in [6.45, 7) is 3.87. The summed E-state index contributed by atoms with van der Waals surface area (Å²) >= 11 is 1.11. The maximum atomic E-state index is 12.3. The minimum Gasteiger partial charge on any atom is -0.406 e. The van der Waals surface area contributed by atoms with Gasteiger partial charge in [0.05, 0.1) is 11.4 Å².